The molecule has 1 saturated heterocycles. The normalized spacial score (nSPS) is 22.1. The van der Waals surface area contributed by atoms with Crippen LogP contribution in [0.4, 0.5) is 4.79 Å². The number of hydrogen-bond donors (Lipinski definition) is 1. The van der Waals surface area contributed by atoms with Gasteiger partial charge in [0.2, 0.25) is 0 Å². The standard InChI is InChI=1S/C16H21NO4/c1-16(2,3)21-15(20)17-10-9-12(13(17)14(18)19)11-7-5-4-6-8-11/h4-8,12-13H,9-10H2,1-3H3,(H,18,19)/t12-,13?/m0/s1. The molecule has 1 unspecified atom stereocenters. The van der Waals surface area contributed by atoms with E-state index in [4.69, 9.17) is 4.74 Å². The molecule has 1 heterocycles. The van der Waals surface area contributed by atoms with E-state index < -0.39 is 23.7 Å². The molecule has 0 aromatic heterocycles. The highest BCUT2D eigenvalue weighted by Gasteiger charge is 2.44. The summed E-state index contributed by atoms with van der Waals surface area (Å²) in [6, 6.07) is 8.58. The molecule has 2 rings (SSSR count). The lowest BCUT2D eigenvalue weighted by atomic mass is 9.92. The highest BCUT2D eigenvalue weighted by molar-refractivity contribution is 5.82. The van der Waals surface area contributed by atoms with E-state index in [1.807, 2.05) is 30.3 Å². The van der Waals surface area contributed by atoms with Gasteiger partial charge in [-0.25, -0.2) is 9.59 Å². The summed E-state index contributed by atoms with van der Waals surface area (Å²) in [5.74, 6) is -1.19. The van der Waals surface area contributed by atoms with Gasteiger partial charge in [0.05, 0.1) is 0 Å². The summed E-state index contributed by atoms with van der Waals surface area (Å²) in [5.41, 5.74) is 0.307. The highest BCUT2D eigenvalue weighted by atomic mass is 16.6. The van der Waals surface area contributed by atoms with Crippen LogP contribution in [0.25, 0.3) is 0 Å². The lowest BCUT2D eigenvalue weighted by Gasteiger charge is -2.28. The molecule has 5 heteroatoms. The number of carboxylic acids is 1. The van der Waals surface area contributed by atoms with Crippen molar-refractivity contribution < 1.29 is 19.4 Å². The molecule has 1 fully saturated rings. The second-order valence-corrected chi connectivity index (χ2v) is 6.26. The van der Waals surface area contributed by atoms with Gasteiger partial charge in [-0.2, -0.15) is 0 Å². The Bertz CT molecular complexity index is 521. The Morgan fingerprint density at radius 3 is 2.38 bits per heavy atom. The molecule has 0 radical (unpaired) electrons. The Morgan fingerprint density at radius 1 is 1.24 bits per heavy atom. The number of carboxylic acid groups (broad SMARTS) is 1. The molecule has 0 saturated carbocycles. The van der Waals surface area contributed by atoms with Crippen molar-refractivity contribution in [2.45, 2.75) is 44.8 Å². The topological polar surface area (TPSA) is 66.8 Å². The smallest absolute Gasteiger partial charge is 0.411 e. The Morgan fingerprint density at radius 2 is 1.86 bits per heavy atom. The van der Waals surface area contributed by atoms with Crippen molar-refractivity contribution in [3.8, 4) is 0 Å². The first kappa shape index (κ1) is 15.4. The second-order valence-electron chi connectivity index (χ2n) is 6.26. The minimum Gasteiger partial charge on any atom is -0.480 e. The molecule has 1 aromatic carbocycles. The summed E-state index contributed by atoms with van der Waals surface area (Å²) in [6.07, 6.45) is 0.0635. The molecule has 2 atom stereocenters. The zero-order valence-electron chi connectivity index (χ0n) is 12.6. The van der Waals surface area contributed by atoms with Crippen LogP contribution in [-0.4, -0.2) is 40.3 Å². The first-order valence-corrected chi connectivity index (χ1v) is 7.07. The van der Waals surface area contributed by atoms with E-state index in [1.54, 1.807) is 20.8 Å². The average molecular weight is 291 g/mol. The number of benzene rings is 1. The zero-order chi connectivity index (χ0) is 15.6. The molecule has 5 nitrogen and oxygen atoms in total. The first-order chi connectivity index (χ1) is 9.79. The predicted octanol–water partition coefficient (Wildman–Crippen LogP) is 2.86. The summed E-state index contributed by atoms with van der Waals surface area (Å²) in [4.78, 5) is 25.1. The fourth-order valence-corrected chi connectivity index (χ4v) is 2.67. The fourth-order valence-electron chi connectivity index (χ4n) is 2.67. The maximum absolute atomic E-state index is 12.2. The van der Waals surface area contributed by atoms with Crippen molar-refractivity contribution in [3.05, 3.63) is 35.9 Å². The molecule has 114 valence electrons. The van der Waals surface area contributed by atoms with Gasteiger partial charge in [-0.05, 0) is 32.8 Å². The fraction of sp³-hybridized carbons (Fsp3) is 0.500. The van der Waals surface area contributed by atoms with Crippen LogP contribution < -0.4 is 0 Å². The number of likely N-dealkylation sites (tertiary alicyclic amines) is 1. The third-order valence-corrected chi connectivity index (χ3v) is 3.51. The minimum absolute atomic E-state index is 0.198. The molecule has 0 aliphatic carbocycles. The number of ether oxygens (including phenoxy) is 1. The van der Waals surface area contributed by atoms with Crippen LogP contribution in [0.1, 0.15) is 38.7 Å². The van der Waals surface area contributed by atoms with Gasteiger partial charge in [-0.3, -0.25) is 4.90 Å². The van der Waals surface area contributed by atoms with E-state index in [-0.39, 0.29) is 5.92 Å². The van der Waals surface area contributed by atoms with Gasteiger partial charge in [0.25, 0.3) is 0 Å². The SMILES string of the molecule is CC(C)(C)OC(=O)N1CC[C@@H](c2ccccc2)C1C(=O)O. The highest BCUT2D eigenvalue weighted by Crippen LogP contribution is 2.34. The maximum Gasteiger partial charge on any atom is 0.411 e. The second kappa shape index (κ2) is 5.76. The van der Waals surface area contributed by atoms with Crippen LogP contribution in [0.2, 0.25) is 0 Å². The molecular formula is C16H21NO4. The molecule has 1 aliphatic heterocycles. The summed E-state index contributed by atoms with van der Waals surface area (Å²) in [5, 5.41) is 9.51. The number of carbonyl (C=O) groups is 2. The molecule has 1 amide bonds. The summed E-state index contributed by atoms with van der Waals surface area (Å²) in [6.45, 7) is 5.70. The van der Waals surface area contributed by atoms with Gasteiger partial charge in [0.1, 0.15) is 11.6 Å². The lowest BCUT2D eigenvalue weighted by Crippen LogP contribution is -2.45. The van der Waals surface area contributed by atoms with Gasteiger partial charge in [-0.1, -0.05) is 30.3 Å². The van der Waals surface area contributed by atoms with Gasteiger partial charge >= 0.3 is 12.1 Å². The number of hydrogen-bond acceptors (Lipinski definition) is 3. The zero-order valence-corrected chi connectivity index (χ0v) is 12.6. The predicted molar refractivity (Wildman–Crippen MR) is 78.2 cm³/mol. The van der Waals surface area contributed by atoms with E-state index in [9.17, 15) is 14.7 Å². The number of carbonyl (C=O) groups excluding carboxylic acids is 1. The van der Waals surface area contributed by atoms with E-state index in [2.05, 4.69) is 0 Å². The number of nitrogens with zero attached hydrogens (tertiary/aromatic N) is 1. The third kappa shape index (κ3) is 3.54. The lowest BCUT2D eigenvalue weighted by molar-refractivity contribution is -0.142. The van der Waals surface area contributed by atoms with Crippen LogP contribution in [0, 0.1) is 0 Å². The van der Waals surface area contributed by atoms with Crippen LogP contribution in [0.3, 0.4) is 0 Å². The van der Waals surface area contributed by atoms with E-state index in [0.717, 1.165) is 5.56 Å². The van der Waals surface area contributed by atoms with Crippen LogP contribution >= 0.6 is 0 Å². The van der Waals surface area contributed by atoms with Crippen molar-refractivity contribution in [1.29, 1.82) is 0 Å². The number of amides is 1. The molecule has 1 aliphatic rings. The Kier molecular flexibility index (Phi) is 4.21. The van der Waals surface area contributed by atoms with Crippen molar-refractivity contribution in [3.63, 3.8) is 0 Å². The summed E-state index contributed by atoms with van der Waals surface area (Å²) >= 11 is 0. The van der Waals surface area contributed by atoms with Crippen LogP contribution in [0.5, 0.6) is 0 Å². The molecule has 1 N–H and O–H groups in total. The Hall–Kier alpha value is -2.04. The van der Waals surface area contributed by atoms with Gasteiger partial charge in [0, 0.05) is 12.5 Å². The summed E-state index contributed by atoms with van der Waals surface area (Å²) in [7, 11) is 0. The maximum atomic E-state index is 12.2. The number of rotatable bonds is 2. The monoisotopic (exact) mass is 291 g/mol. The minimum atomic E-state index is -0.993. The Balaban J connectivity index is 2.22. The van der Waals surface area contributed by atoms with Crippen molar-refractivity contribution in [2.75, 3.05) is 6.54 Å². The number of aliphatic carboxylic acids is 1. The van der Waals surface area contributed by atoms with E-state index >= 15 is 0 Å². The van der Waals surface area contributed by atoms with E-state index in [0.29, 0.717) is 13.0 Å². The molecule has 0 spiro atoms. The molecule has 21 heavy (non-hydrogen) atoms. The largest absolute Gasteiger partial charge is 0.480 e. The van der Waals surface area contributed by atoms with Crippen molar-refractivity contribution in [1.82, 2.24) is 4.90 Å². The van der Waals surface area contributed by atoms with Crippen LogP contribution in [-0.2, 0) is 9.53 Å². The quantitative estimate of drug-likeness (QED) is 0.909. The van der Waals surface area contributed by atoms with Crippen molar-refractivity contribution >= 4 is 12.1 Å². The third-order valence-electron chi connectivity index (χ3n) is 3.51. The first-order valence-electron chi connectivity index (χ1n) is 7.07. The van der Waals surface area contributed by atoms with Crippen LogP contribution in [0.15, 0.2) is 30.3 Å². The molecule has 0 bridgehead atoms. The van der Waals surface area contributed by atoms with Gasteiger partial charge < -0.3 is 9.84 Å². The molecule has 1 aromatic rings. The van der Waals surface area contributed by atoms with Crippen molar-refractivity contribution in [2.24, 2.45) is 0 Å². The average Bonchev–Trinajstić information content (AvgIpc) is 2.82. The van der Waals surface area contributed by atoms with Gasteiger partial charge in [-0.15, -0.1) is 0 Å². The molecular weight excluding hydrogens is 270 g/mol. The van der Waals surface area contributed by atoms with E-state index in [1.165, 1.54) is 4.90 Å². The summed E-state index contributed by atoms with van der Waals surface area (Å²) < 4.78 is 5.31. The Labute approximate surface area is 124 Å². The van der Waals surface area contributed by atoms with Gasteiger partial charge in [0.15, 0.2) is 0 Å².